The molecule has 0 bridgehead atoms. The van der Waals surface area contributed by atoms with E-state index < -0.39 is 6.09 Å². The van der Waals surface area contributed by atoms with Gasteiger partial charge in [0.2, 0.25) is 5.91 Å². The zero-order chi connectivity index (χ0) is 23.9. The Morgan fingerprint density at radius 1 is 1.32 bits per heavy atom. The molecule has 2 aromatic heterocycles. The van der Waals surface area contributed by atoms with Gasteiger partial charge in [0.1, 0.15) is 11.1 Å². The van der Waals surface area contributed by atoms with Gasteiger partial charge in [0.25, 0.3) is 0 Å². The lowest BCUT2D eigenvalue weighted by molar-refractivity contribution is -0.116. The monoisotopic (exact) mass is 480 g/mol. The summed E-state index contributed by atoms with van der Waals surface area (Å²) in [6, 6.07) is 11.7. The summed E-state index contributed by atoms with van der Waals surface area (Å²) in [5, 5.41) is 10.2. The van der Waals surface area contributed by atoms with E-state index in [2.05, 4.69) is 34.4 Å². The van der Waals surface area contributed by atoms with Crippen LogP contribution in [0.2, 0.25) is 0 Å². The number of nitrogens with one attached hydrogen (secondary N) is 2. The molecule has 0 saturated heterocycles. The molecule has 2 amide bonds. The average Bonchev–Trinajstić information content (AvgIpc) is 3.46. The van der Waals surface area contributed by atoms with Gasteiger partial charge in [-0.3, -0.25) is 9.79 Å². The van der Waals surface area contributed by atoms with Crippen molar-refractivity contribution in [3.63, 3.8) is 0 Å². The van der Waals surface area contributed by atoms with Crippen LogP contribution in [0.25, 0.3) is 0 Å². The number of amides is 2. The molecule has 8 nitrogen and oxygen atoms in total. The predicted octanol–water partition coefficient (Wildman–Crippen LogP) is 4.85. The van der Waals surface area contributed by atoms with Crippen LogP contribution in [0, 0.1) is 0 Å². The van der Waals surface area contributed by atoms with Gasteiger partial charge in [-0.05, 0) is 36.6 Å². The molecule has 2 heterocycles. The van der Waals surface area contributed by atoms with Gasteiger partial charge in [0.05, 0.1) is 19.3 Å². The number of aliphatic imine (C=N–C) groups is 1. The lowest BCUT2D eigenvalue weighted by atomic mass is 9.93. The predicted molar refractivity (Wildman–Crippen MR) is 131 cm³/mol. The molecule has 0 aliphatic heterocycles. The number of carbonyl (C=O) groups excluding carboxylic acids is 2. The molecule has 9 heteroatoms. The normalized spacial score (nSPS) is 15.7. The topological polar surface area (TPSA) is 106 Å². The van der Waals surface area contributed by atoms with Gasteiger partial charge in [-0.25, -0.2) is 4.79 Å². The molecule has 1 aliphatic carbocycles. The molecule has 0 spiro atoms. The highest BCUT2D eigenvalue weighted by molar-refractivity contribution is 7.16. The van der Waals surface area contributed by atoms with Gasteiger partial charge in [-0.15, -0.1) is 11.3 Å². The highest BCUT2D eigenvalue weighted by Gasteiger charge is 2.28. The number of aromatic nitrogens is 1. The first kappa shape index (κ1) is 23.7. The number of fused-ring (bicyclic) bond motifs is 1. The molecule has 2 unspecified atom stereocenters. The van der Waals surface area contributed by atoms with Crippen molar-refractivity contribution < 1.29 is 18.8 Å². The van der Waals surface area contributed by atoms with Crippen LogP contribution in [0.3, 0.4) is 0 Å². The van der Waals surface area contributed by atoms with Gasteiger partial charge >= 0.3 is 6.09 Å². The van der Waals surface area contributed by atoms with E-state index in [0.29, 0.717) is 31.6 Å². The number of carbonyl (C=O) groups is 2. The zero-order valence-corrected chi connectivity index (χ0v) is 19.9. The van der Waals surface area contributed by atoms with Gasteiger partial charge in [0, 0.05) is 29.3 Å². The molecule has 0 radical (unpaired) electrons. The first-order chi connectivity index (χ1) is 16.5. The number of alkyl carbamates (subject to hydrolysis) is 1. The maximum atomic E-state index is 12.8. The largest absolute Gasteiger partial charge is 0.446 e. The number of ether oxygens (including phenoxy) is 1. The van der Waals surface area contributed by atoms with Crippen molar-refractivity contribution in [1.29, 1.82) is 0 Å². The number of hydrogen-bond donors (Lipinski definition) is 2. The summed E-state index contributed by atoms with van der Waals surface area (Å²) in [4.78, 5) is 30.2. The minimum Gasteiger partial charge on any atom is -0.446 e. The summed E-state index contributed by atoms with van der Waals surface area (Å²) in [6.45, 7) is 6.36. The molecular weight excluding hydrogens is 452 g/mol. The number of hydrogen-bond acceptors (Lipinski definition) is 7. The van der Waals surface area contributed by atoms with Gasteiger partial charge < -0.3 is 19.9 Å². The van der Waals surface area contributed by atoms with Crippen LogP contribution in [0.15, 0.2) is 52.1 Å². The second-order valence-corrected chi connectivity index (χ2v) is 9.46. The quantitative estimate of drug-likeness (QED) is 0.426. The lowest BCUT2D eigenvalue weighted by Gasteiger charge is -2.23. The third-order valence-corrected chi connectivity index (χ3v) is 7.10. The van der Waals surface area contributed by atoms with Crippen molar-refractivity contribution in [2.24, 2.45) is 4.99 Å². The zero-order valence-electron chi connectivity index (χ0n) is 19.1. The van der Waals surface area contributed by atoms with Crippen molar-refractivity contribution in [3.8, 4) is 0 Å². The van der Waals surface area contributed by atoms with E-state index in [0.717, 1.165) is 27.4 Å². The van der Waals surface area contributed by atoms with Crippen molar-refractivity contribution in [2.75, 3.05) is 5.32 Å². The lowest BCUT2D eigenvalue weighted by Crippen LogP contribution is -2.31. The fraction of sp³-hybridized carbons (Fsp3) is 0.360. The Morgan fingerprint density at radius 3 is 2.88 bits per heavy atom. The third kappa shape index (κ3) is 5.91. The minimum absolute atomic E-state index is 0.0279. The Morgan fingerprint density at radius 2 is 2.15 bits per heavy atom. The fourth-order valence-electron chi connectivity index (χ4n) is 4.14. The summed E-state index contributed by atoms with van der Waals surface area (Å²) in [5.74, 6) is 0.648. The molecular formula is C25H28N4O4S. The fourth-order valence-corrected chi connectivity index (χ4v) is 5.48. The average molecular weight is 481 g/mol. The molecule has 2 N–H and O–H groups in total. The first-order valence-electron chi connectivity index (χ1n) is 11.3. The summed E-state index contributed by atoms with van der Waals surface area (Å²) >= 11 is 1.54. The molecule has 2 atom stereocenters. The van der Waals surface area contributed by atoms with Crippen LogP contribution in [-0.2, 0) is 35.5 Å². The molecule has 1 aliphatic rings. The smallest absolute Gasteiger partial charge is 0.407 e. The third-order valence-electron chi connectivity index (χ3n) is 5.88. The van der Waals surface area contributed by atoms with E-state index in [-0.39, 0.29) is 24.5 Å². The minimum atomic E-state index is -0.488. The van der Waals surface area contributed by atoms with E-state index >= 15 is 0 Å². The van der Waals surface area contributed by atoms with E-state index in [4.69, 9.17) is 9.26 Å². The van der Waals surface area contributed by atoms with Gasteiger partial charge in [-0.2, -0.15) is 0 Å². The maximum Gasteiger partial charge on any atom is 0.407 e. The second kappa shape index (κ2) is 11.1. The molecule has 3 aromatic rings. The van der Waals surface area contributed by atoms with Gasteiger partial charge in [0.15, 0.2) is 5.76 Å². The van der Waals surface area contributed by atoms with E-state index in [1.54, 1.807) is 17.4 Å². The molecule has 0 fully saturated rings. The van der Waals surface area contributed by atoms with Crippen LogP contribution in [0.1, 0.15) is 53.0 Å². The number of benzene rings is 1. The Labute approximate surface area is 202 Å². The highest BCUT2D eigenvalue weighted by atomic mass is 32.1. The van der Waals surface area contributed by atoms with Crippen LogP contribution < -0.4 is 10.6 Å². The van der Waals surface area contributed by atoms with Crippen LogP contribution in [0.4, 0.5) is 9.80 Å². The van der Waals surface area contributed by atoms with Crippen molar-refractivity contribution in [2.45, 2.75) is 57.7 Å². The summed E-state index contributed by atoms with van der Waals surface area (Å²) < 4.78 is 10.6. The van der Waals surface area contributed by atoms with Crippen LogP contribution >= 0.6 is 11.3 Å². The Hall–Kier alpha value is -3.46. The number of rotatable bonds is 9. The second-order valence-electron chi connectivity index (χ2n) is 8.36. The summed E-state index contributed by atoms with van der Waals surface area (Å²) in [6.07, 6.45) is 3.27. The molecule has 4 rings (SSSR count). The first-order valence-corrected chi connectivity index (χ1v) is 12.1. The highest BCUT2D eigenvalue weighted by Crippen LogP contribution is 2.39. The van der Waals surface area contributed by atoms with Crippen molar-refractivity contribution >= 4 is 35.1 Å². The summed E-state index contributed by atoms with van der Waals surface area (Å²) in [5.41, 5.74) is 3.34. The van der Waals surface area contributed by atoms with Crippen molar-refractivity contribution in [3.05, 3.63) is 69.9 Å². The SMILES string of the molecule is C=NCc1c(NC(=O)CC(C)c2ccccc2)sc2c1CCC(OC(=O)NCc1ccno1)C2. The molecule has 178 valence electrons. The van der Waals surface area contributed by atoms with Gasteiger partial charge in [-0.1, -0.05) is 42.4 Å². The van der Waals surface area contributed by atoms with E-state index in [1.807, 2.05) is 30.3 Å². The number of anilines is 1. The van der Waals surface area contributed by atoms with Crippen molar-refractivity contribution in [1.82, 2.24) is 10.5 Å². The molecule has 34 heavy (non-hydrogen) atoms. The number of nitrogens with zero attached hydrogens (tertiary/aromatic N) is 2. The Kier molecular flexibility index (Phi) is 7.74. The molecule has 1 aromatic carbocycles. The Bertz CT molecular complexity index is 1130. The van der Waals surface area contributed by atoms with E-state index in [1.165, 1.54) is 11.8 Å². The van der Waals surface area contributed by atoms with Crippen LogP contribution in [0.5, 0.6) is 0 Å². The standard InChI is InChI=1S/C25H28N4O4S/c1-16(17-6-4-3-5-7-17)12-23(30)29-24-21(15-26-2)20-9-8-18(13-22(20)34-24)32-25(31)27-14-19-10-11-28-33-19/h3-7,10-11,16,18H,2,8-9,12-15H2,1H3,(H,27,31)(H,29,30). The maximum absolute atomic E-state index is 12.8. The van der Waals surface area contributed by atoms with E-state index in [9.17, 15) is 9.59 Å². The molecule has 0 saturated carbocycles. The van der Waals surface area contributed by atoms with Crippen LogP contribution in [-0.4, -0.2) is 30.0 Å². The summed E-state index contributed by atoms with van der Waals surface area (Å²) in [7, 11) is 0. The number of thiophene rings is 1. The Balaban J connectivity index is 1.37.